The van der Waals surface area contributed by atoms with E-state index in [1.54, 1.807) is 0 Å². The van der Waals surface area contributed by atoms with Crippen LogP contribution in [0.25, 0.3) is 44.7 Å². The van der Waals surface area contributed by atoms with Gasteiger partial charge in [-0.3, -0.25) is 4.98 Å². The SMILES string of the molecule is CC1(C)c2ccc(-c3cc(-c4ccc(-c5ncc6ccccc6n5)cc4)ccn3)cc2C(C)(C)C1(C)C. The van der Waals surface area contributed by atoms with E-state index in [2.05, 4.69) is 101 Å². The summed E-state index contributed by atoms with van der Waals surface area (Å²) in [6.45, 7) is 14.3. The van der Waals surface area contributed by atoms with Crippen LogP contribution in [-0.2, 0) is 10.8 Å². The standard InChI is InChI=1S/C34H33N3/c1-32(2)27-16-15-25(19-28(27)33(3,4)34(32,5)6)30-20-24(17-18-35-30)22-11-13-23(14-12-22)31-36-21-26-9-7-8-10-29(26)37-31/h7-21H,1-6H3. The predicted octanol–water partition coefficient (Wildman–Crippen LogP) is 8.62. The van der Waals surface area contributed by atoms with Crippen molar-refractivity contribution in [3.8, 4) is 33.8 Å². The molecule has 3 nitrogen and oxygen atoms in total. The minimum absolute atomic E-state index is 0.0696. The van der Waals surface area contributed by atoms with E-state index >= 15 is 0 Å². The van der Waals surface area contributed by atoms with E-state index in [0.29, 0.717) is 0 Å². The van der Waals surface area contributed by atoms with Crippen LogP contribution in [0.4, 0.5) is 0 Å². The lowest BCUT2D eigenvalue weighted by Crippen LogP contribution is -2.42. The van der Waals surface area contributed by atoms with Crippen LogP contribution in [0.1, 0.15) is 52.7 Å². The van der Waals surface area contributed by atoms with Crippen molar-refractivity contribution in [1.29, 1.82) is 0 Å². The Labute approximate surface area is 219 Å². The molecule has 2 aromatic heterocycles. The zero-order valence-corrected chi connectivity index (χ0v) is 22.5. The second kappa shape index (κ2) is 8.08. The van der Waals surface area contributed by atoms with Crippen molar-refractivity contribution in [1.82, 2.24) is 15.0 Å². The third-order valence-electron chi connectivity index (χ3n) is 9.51. The van der Waals surface area contributed by atoms with E-state index in [0.717, 1.165) is 39.1 Å². The molecule has 0 amide bonds. The highest BCUT2D eigenvalue weighted by Crippen LogP contribution is 2.61. The normalized spacial score (nSPS) is 17.0. The number of benzene rings is 3. The first-order valence-corrected chi connectivity index (χ1v) is 13.0. The van der Waals surface area contributed by atoms with E-state index in [1.807, 2.05) is 36.7 Å². The number of fused-ring (bicyclic) bond motifs is 2. The molecule has 0 spiro atoms. The van der Waals surface area contributed by atoms with Crippen molar-refractivity contribution in [2.45, 2.75) is 52.4 Å². The molecule has 0 bridgehead atoms. The first-order valence-electron chi connectivity index (χ1n) is 13.0. The topological polar surface area (TPSA) is 38.7 Å². The molecule has 1 aliphatic rings. The molecule has 37 heavy (non-hydrogen) atoms. The Hall–Kier alpha value is -3.85. The van der Waals surface area contributed by atoms with Crippen LogP contribution >= 0.6 is 0 Å². The van der Waals surface area contributed by atoms with Gasteiger partial charge in [0.1, 0.15) is 0 Å². The predicted molar refractivity (Wildman–Crippen MR) is 153 cm³/mol. The summed E-state index contributed by atoms with van der Waals surface area (Å²) in [6.07, 6.45) is 3.80. The van der Waals surface area contributed by atoms with Gasteiger partial charge >= 0.3 is 0 Å². The van der Waals surface area contributed by atoms with Crippen LogP contribution in [0, 0.1) is 5.41 Å². The van der Waals surface area contributed by atoms with Crippen molar-refractivity contribution in [3.63, 3.8) is 0 Å². The van der Waals surface area contributed by atoms with Crippen LogP contribution < -0.4 is 0 Å². The van der Waals surface area contributed by atoms with E-state index in [9.17, 15) is 0 Å². The molecule has 0 N–H and O–H groups in total. The van der Waals surface area contributed by atoms with E-state index in [4.69, 9.17) is 9.97 Å². The molecule has 0 fully saturated rings. The molecular formula is C34H33N3. The lowest BCUT2D eigenvalue weighted by atomic mass is 9.59. The highest BCUT2D eigenvalue weighted by Gasteiger charge is 2.56. The van der Waals surface area contributed by atoms with Crippen molar-refractivity contribution in [3.05, 3.63) is 102 Å². The fraction of sp³-hybridized carbons (Fsp3) is 0.265. The number of hydrogen-bond acceptors (Lipinski definition) is 3. The lowest BCUT2D eigenvalue weighted by molar-refractivity contribution is 0.125. The molecular weight excluding hydrogens is 450 g/mol. The highest BCUT2D eigenvalue weighted by molar-refractivity contribution is 5.80. The number of pyridine rings is 1. The Morgan fingerprint density at radius 3 is 2.03 bits per heavy atom. The number of rotatable bonds is 3. The Balaban J connectivity index is 1.33. The van der Waals surface area contributed by atoms with Gasteiger partial charge in [-0.15, -0.1) is 0 Å². The largest absolute Gasteiger partial charge is 0.256 e. The third-order valence-corrected chi connectivity index (χ3v) is 9.51. The smallest absolute Gasteiger partial charge is 0.159 e. The summed E-state index contributed by atoms with van der Waals surface area (Å²) >= 11 is 0. The molecule has 0 radical (unpaired) electrons. The third kappa shape index (κ3) is 3.52. The molecule has 5 aromatic rings. The zero-order valence-electron chi connectivity index (χ0n) is 22.5. The molecule has 184 valence electrons. The molecule has 2 heterocycles. The van der Waals surface area contributed by atoms with Gasteiger partial charge in [-0.05, 0) is 62.8 Å². The maximum atomic E-state index is 4.76. The first kappa shape index (κ1) is 23.5. The number of para-hydroxylation sites is 1. The number of nitrogens with zero attached hydrogens (tertiary/aromatic N) is 3. The van der Waals surface area contributed by atoms with E-state index < -0.39 is 0 Å². The Kier molecular flexibility index (Phi) is 5.14. The Morgan fingerprint density at radius 2 is 1.24 bits per heavy atom. The molecule has 0 atom stereocenters. The van der Waals surface area contributed by atoms with Crippen LogP contribution in [-0.4, -0.2) is 15.0 Å². The molecule has 0 aliphatic heterocycles. The van der Waals surface area contributed by atoms with Crippen LogP contribution in [0.3, 0.4) is 0 Å². The summed E-state index contributed by atoms with van der Waals surface area (Å²) < 4.78 is 0. The van der Waals surface area contributed by atoms with E-state index in [-0.39, 0.29) is 16.2 Å². The molecule has 0 saturated carbocycles. The van der Waals surface area contributed by atoms with Crippen LogP contribution in [0.2, 0.25) is 0 Å². The molecule has 6 rings (SSSR count). The van der Waals surface area contributed by atoms with E-state index in [1.165, 1.54) is 16.7 Å². The Bertz CT molecular complexity index is 1640. The first-order chi connectivity index (χ1) is 17.6. The summed E-state index contributed by atoms with van der Waals surface area (Å²) in [5.74, 6) is 0.743. The Morgan fingerprint density at radius 1 is 0.568 bits per heavy atom. The van der Waals surface area contributed by atoms with Gasteiger partial charge in [-0.1, -0.05) is 96.1 Å². The van der Waals surface area contributed by atoms with Crippen LogP contribution in [0.15, 0.2) is 91.3 Å². The molecule has 3 heteroatoms. The number of hydrogen-bond donors (Lipinski definition) is 0. The van der Waals surface area contributed by atoms with Crippen LogP contribution in [0.5, 0.6) is 0 Å². The summed E-state index contributed by atoms with van der Waals surface area (Å²) in [5, 5.41) is 1.05. The second-order valence-corrected chi connectivity index (χ2v) is 11.9. The summed E-state index contributed by atoms with van der Waals surface area (Å²) in [7, 11) is 0. The monoisotopic (exact) mass is 483 g/mol. The maximum Gasteiger partial charge on any atom is 0.159 e. The fourth-order valence-corrected chi connectivity index (χ4v) is 5.91. The van der Waals surface area contributed by atoms with Crippen molar-refractivity contribution in [2.24, 2.45) is 5.41 Å². The van der Waals surface area contributed by atoms with Gasteiger partial charge in [0.15, 0.2) is 5.82 Å². The average Bonchev–Trinajstić information content (AvgIpc) is 3.02. The molecule has 0 saturated heterocycles. The van der Waals surface area contributed by atoms with Gasteiger partial charge < -0.3 is 0 Å². The average molecular weight is 484 g/mol. The van der Waals surface area contributed by atoms with Crippen molar-refractivity contribution in [2.75, 3.05) is 0 Å². The van der Waals surface area contributed by atoms with Gasteiger partial charge in [-0.25, -0.2) is 9.97 Å². The summed E-state index contributed by atoms with van der Waals surface area (Å²) in [5.41, 5.74) is 9.65. The molecule has 1 aliphatic carbocycles. The molecule has 3 aromatic carbocycles. The second-order valence-electron chi connectivity index (χ2n) is 11.9. The minimum Gasteiger partial charge on any atom is -0.256 e. The maximum absolute atomic E-state index is 4.76. The zero-order chi connectivity index (χ0) is 26.0. The van der Waals surface area contributed by atoms with Crippen molar-refractivity contribution < 1.29 is 0 Å². The fourth-order valence-electron chi connectivity index (χ4n) is 5.91. The van der Waals surface area contributed by atoms with Gasteiger partial charge in [0.05, 0.1) is 11.2 Å². The molecule has 0 unspecified atom stereocenters. The van der Waals surface area contributed by atoms with Gasteiger partial charge in [-0.2, -0.15) is 0 Å². The lowest BCUT2D eigenvalue weighted by Gasteiger charge is -2.44. The highest BCUT2D eigenvalue weighted by atomic mass is 14.9. The van der Waals surface area contributed by atoms with Gasteiger partial charge in [0, 0.05) is 28.9 Å². The summed E-state index contributed by atoms with van der Waals surface area (Å²) in [4.78, 5) is 14.1. The minimum atomic E-state index is 0.0696. The quantitative estimate of drug-likeness (QED) is 0.258. The van der Waals surface area contributed by atoms with Gasteiger partial charge in [0.25, 0.3) is 0 Å². The summed E-state index contributed by atoms with van der Waals surface area (Å²) in [6, 6.07) is 27.8. The van der Waals surface area contributed by atoms with Gasteiger partial charge in [0.2, 0.25) is 0 Å². The number of aromatic nitrogens is 3. The van der Waals surface area contributed by atoms with Crippen molar-refractivity contribution >= 4 is 10.9 Å².